The fourth-order valence-electron chi connectivity index (χ4n) is 2.34. The molecule has 0 bridgehead atoms. The van der Waals surface area contributed by atoms with Gasteiger partial charge in [-0.1, -0.05) is 50.2 Å². The van der Waals surface area contributed by atoms with Gasteiger partial charge in [-0.15, -0.1) is 0 Å². The second kappa shape index (κ2) is 5.89. The van der Waals surface area contributed by atoms with E-state index >= 15 is 0 Å². The molecule has 0 aliphatic carbocycles. The van der Waals surface area contributed by atoms with Gasteiger partial charge in [-0.2, -0.15) is 0 Å². The predicted molar refractivity (Wildman–Crippen MR) is 82.7 cm³/mol. The number of nitrogens with two attached hydrogens (primary N) is 2. The van der Waals surface area contributed by atoms with E-state index in [1.807, 2.05) is 24.3 Å². The Labute approximate surface area is 115 Å². The molecule has 1 atom stereocenters. The fraction of sp³-hybridized carbons (Fsp3) is 0.294. The number of hydrogen-bond donors (Lipinski definition) is 2. The lowest BCUT2D eigenvalue weighted by molar-refractivity contribution is 0.511. The van der Waals surface area contributed by atoms with Gasteiger partial charge in [-0.05, 0) is 41.2 Å². The third kappa shape index (κ3) is 3.36. The summed E-state index contributed by atoms with van der Waals surface area (Å²) in [5.74, 6) is 0.565. The number of nitrogen functional groups attached to an aromatic ring is 1. The van der Waals surface area contributed by atoms with E-state index in [1.54, 1.807) is 0 Å². The minimum absolute atomic E-state index is 0.00339. The van der Waals surface area contributed by atoms with Crippen LogP contribution in [0, 0.1) is 5.92 Å². The molecular formula is C17H22N2. The smallest absolute Gasteiger partial charge is 0.0362 e. The summed E-state index contributed by atoms with van der Waals surface area (Å²) in [4.78, 5) is 0. The van der Waals surface area contributed by atoms with Crippen LogP contribution in [0.15, 0.2) is 48.5 Å². The van der Waals surface area contributed by atoms with Gasteiger partial charge in [0.05, 0.1) is 0 Å². The summed E-state index contributed by atoms with van der Waals surface area (Å²) in [6, 6.07) is 16.4. The molecule has 0 aromatic heterocycles. The van der Waals surface area contributed by atoms with Crippen LogP contribution in [0.4, 0.5) is 5.69 Å². The van der Waals surface area contributed by atoms with Crippen LogP contribution in [0.25, 0.3) is 11.1 Å². The maximum Gasteiger partial charge on any atom is 0.0362 e. The molecule has 0 amide bonds. The van der Waals surface area contributed by atoms with E-state index in [9.17, 15) is 0 Å². The second-order valence-corrected chi connectivity index (χ2v) is 5.45. The van der Waals surface area contributed by atoms with E-state index in [1.165, 1.54) is 11.1 Å². The van der Waals surface area contributed by atoms with Crippen molar-refractivity contribution in [1.29, 1.82) is 0 Å². The molecular weight excluding hydrogens is 232 g/mol. The van der Waals surface area contributed by atoms with Crippen molar-refractivity contribution >= 4 is 5.69 Å². The molecule has 0 aliphatic heterocycles. The number of rotatable bonds is 4. The highest BCUT2D eigenvalue weighted by atomic mass is 14.7. The van der Waals surface area contributed by atoms with Crippen molar-refractivity contribution in [2.45, 2.75) is 26.3 Å². The molecule has 0 spiro atoms. The molecule has 0 heterocycles. The van der Waals surface area contributed by atoms with Crippen molar-refractivity contribution < 1.29 is 0 Å². The lowest BCUT2D eigenvalue weighted by Crippen LogP contribution is -2.14. The normalized spacial score (nSPS) is 12.6. The maximum absolute atomic E-state index is 6.26. The second-order valence-electron chi connectivity index (χ2n) is 5.45. The van der Waals surface area contributed by atoms with Gasteiger partial charge in [0.1, 0.15) is 0 Å². The lowest BCUT2D eigenvalue weighted by Gasteiger charge is -2.17. The average Bonchev–Trinajstić information content (AvgIpc) is 2.39. The summed E-state index contributed by atoms with van der Waals surface area (Å²) < 4.78 is 0. The summed E-state index contributed by atoms with van der Waals surface area (Å²) in [6.45, 7) is 4.36. The Bertz CT molecular complexity index is 532. The molecule has 19 heavy (non-hydrogen) atoms. The van der Waals surface area contributed by atoms with Gasteiger partial charge in [0.15, 0.2) is 0 Å². The van der Waals surface area contributed by atoms with E-state index < -0.39 is 0 Å². The van der Waals surface area contributed by atoms with E-state index in [0.29, 0.717) is 5.92 Å². The quantitative estimate of drug-likeness (QED) is 0.811. The van der Waals surface area contributed by atoms with Crippen molar-refractivity contribution in [3.63, 3.8) is 0 Å². The Kier molecular flexibility index (Phi) is 4.23. The summed E-state index contributed by atoms with van der Waals surface area (Å²) in [5, 5.41) is 0. The summed E-state index contributed by atoms with van der Waals surface area (Å²) in [5.41, 5.74) is 16.5. The number of benzene rings is 2. The zero-order chi connectivity index (χ0) is 13.8. The number of anilines is 1. The molecule has 2 aromatic carbocycles. The van der Waals surface area contributed by atoms with Crippen LogP contribution < -0.4 is 11.5 Å². The van der Waals surface area contributed by atoms with Gasteiger partial charge >= 0.3 is 0 Å². The van der Waals surface area contributed by atoms with Crippen LogP contribution in [-0.4, -0.2) is 0 Å². The highest BCUT2D eigenvalue weighted by Gasteiger charge is 2.12. The summed E-state index contributed by atoms with van der Waals surface area (Å²) in [7, 11) is 0. The predicted octanol–water partition coefficient (Wildman–Crippen LogP) is 3.98. The molecule has 0 aliphatic rings. The van der Waals surface area contributed by atoms with Gasteiger partial charge in [0.25, 0.3) is 0 Å². The molecule has 0 radical (unpaired) electrons. The van der Waals surface area contributed by atoms with Gasteiger partial charge < -0.3 is 11.5 Å². The van der Waals surface area contributed by atoms with E-state index in [2.05, 4.69) is 38.1 Å². The van der Waals surface area contributed by atoms with Crippen LogP contribution >= 0.6 is 0 Å². The molecule has 4 N–H and O–H groups in total. The van der Waals surface area contributed by atoms with E-state index in [-0.39, 0.29) is 6.04 Å². The van der Waals surface area contributed by atoms with Crippen LogP contribution in [0.1, 0.15) is 31.9 Å². The van der Waals surface area contributed by atoms with Crippen molar-refractivity contribution in [1.82, 2.24) is 0 Å². The molecule has 2 heteroatoms. The van der Waals surface area contributed by atoms with Crippen LogP contribution in [0.5, 0.6) is 0 Å². The first-order chi connectivity index (χ1) is 9.08. The maximum atomic E-state index is 6.26. The molecule has 0 saturated heterocycles. The Balaban J connectivity index is 2.35. The van der Waals surface area contributed by atoms with Crippen molar-refractivity contribution in [2.75, 3.05) is 5.73 Å². The molecule has 2 rings (SSSR count). The summed E-state index contributed by atoms with van der Waals surface area (Å²) in [6.07, 6.45) is 0.947. The fourth-order valence-corrected chi connectivity index (χ4v) is 2.34. The third-order valence-corrected chi connectivity index (χ3v) is 3.32. The molecule has 0 fully saturated rings. The highest BCUT2D eigenvalue weighted by molar-refractivity contribution is 5.68. The standard InChI is InChI=1S/C17H22N2/c1-12(2)10-17(19)15-11-14(8-9-16(15)18)13-6-4-3-5-7-13/h3-9,11-12,17H,10,18-19H2,1-2H3. The Morgan fingerprint density at radius 2 is 1.63 bits per heavy atom. The van der Waals surface area contributed by atoms with Crippen molar-refractivity contribution in [3.05, 3.63) is 54.1 Å². The first kappa shape index (κ1) is 13.6. The van der Waals surface area contributed by atoms with Gasteiger partial charge in [-0.25, -0.2) is 0 Å². The van der Waals surface area contributed by atoms with Crippen LogP contribution in [0.2, 0.25) is 0 Å². The Hall–Kier alpha value is -1.80. The monoisotopic (exact) mass is 254 g/mol. The molecule has 2 nitrogen and oxygen atoms in total. The zero-order valence-corrected chi connectivity index (χ0v) is 11.6. The van der Waals surface area contributed by atoms with E-state index in [4.69, 9.17) is 11.5 Å². The zero-order valence-electron chi connectivity index (χ0n) is 11.6. The highest BCUT2D eigenvalue weighted by Crippen LogP contribution is 2.29. The first-order valence-corrected chi connectivity index (χ1v) is 6.78. The van der Waals surface area contributed by atoms with Crippen molar-refractivity contribution in [2.24, 2.45) is 11.7 Å². The minimum atomic E-state index is 0.00339. The largest absolute Gasteiger partial charge is 0.398 e. The molecule has 2 aromatic rings. The van der Waals surface area contributed by atoms with E-state index in [0.717, 1.165) is 17.7 Å². The average molecular weight is 254 g/mol. The van der Waals surface area contributed by atoms with Crippen molar-refractivity contribution in [3.8, 4) is 11.1 Å². The van der Waals surface area contributed by atoms with Gasteiger partial charge in [0.2, 0.25) is 0 Å². The molecule has 100 valence electrons. The van der Waals surface area contributed by atoms with Crippen LogP contribution in [0.3, 0.4) is 0 Å². The van der Waals surface area contributed by atoms with Gasteiger partial charge in [-0.3, -0.25) is 0 Å². The Morgan fingerprint density at radius 3 is 2.26 bits per heavy atom. The lowest BCUT2D eigenvalue weighted by atomic mass is 9.93. The molecule has 0 saturated carbocycles. The summed E-state index contributed by atoms with van der Waals surface area (Å²) >= 11 is 0. The molecule has 1 unspecified atom stereocenters. The third-order valence-electron chi connectivity index (χ3n) is 3.32. The minimum Gasteiger partial charge on any atom is -0.398 e. The topological polar surface area (TPSA) is 52.0 Å². The first-order valence-electron chi connectivity index (χ1n) is 6.78. The van der Waals surface area contributed by atoms with Crippen LogP contribution in [-0.2, 0) is 0 Å². The Morgan fingerprint density at radius 1 is 0.947 bits per heavy atom. The SMILES string of the molecule is CC(C)CC(N)c1cc(-c2ccccc2)ccc1N. The van der Waals surface area contributed by atoms with Gasteiger partial charge in [0, 0.05) is 11.7 Å². The number of hydrogen-bond acceptors (Lipinski definition) is 2.